The van der Waals surface area contributed by atoms with E-state index in [0.717, 1.165) is 22.3 Å². The fraction of sp³-hybridized carbons (Fsp3) is 0.423. The van der Waals surface area contributed by atoms with Crippen LogP contribution < -0.4 is 9.47 Å². The van der Waals surface area contributed by atoms with Crippen LogP contribution in [0.4, 0.5) is 4.39 Å². The van der Waals surface area contributed by atoms with Crippen molar-refractivity contribution < 1.29 is 28.5 Å². The predicted molar refractivity (Wildman–Crippen MR) is 122 cm³/mol. The minimum Gasteiger partial charge on any atom is -0.490 e. The molecule has 0 bridgehead atoms. The van der Waals surface area contributed by atoms with Crippen molar-refractivity contribution >= 4 is 12.0 Å². The van der Waals surface area contributed by atoms with E-state index in [4.69, 9.17) is 14.2 Å². The Bertz CT molecular complexity index is 965. The van der Waals surface area contributed by atoms with Gasteiger partial charge in [-0.25, -0.2) is 4.39 Å². The molecular weight excluding hydrogens is 411 g/mol. The summed E-state index contributed by atoms with van der Waals surface area (Å²) in [7, 11) is 0. The number of carbonyl (C=O) groups is 1. The Hall–Kier alpha value is -2.86. The second-order valence-corrected chi connectivity index (χ2v) is 8.09. The molecule has 0 radical (unpaired) electrons. The van der Waals surface area contributed by atoms with Crippen LogP contribution in [-0.4, -0.2) is 36.5 Å². The van der Waals surface area contributed by atoms with E-state index >= 15 is 0 Å². The van der Waals surface area contributed by atoms with Crippen LogP contribution in [0.2, 0.25) is 0 Å². The van der Waals surface area contributed by atoms with Crippen LogP contribution >= 0.6 is 0 Å². The van der Waals surface area contributed by atoms with E-state index < -0.39 is 18.2 Å². The fourth-order valence-corrected chi connectivity index (χ4v) is 3.92. The Kier molecular flexibility index (Phi) is 7.91. The Balaban J connectivity index is 2.22. The number of benzene rings is 2. The van der Waals surface area contributed by atoms with Gasteiger partial charge in [-0.3, -0.25) is 4.79 Å². The van der Waals surface area contributed by atoms with Crippen LogP contribution in [0.15, 0.2) is 36.4 Å². The number of carbonyl (C=O) groups excluding carboxylic acids is 1. The topological polar surface area (TPSA) is 65.0 Å². The van der Waals surface area contributed by atoms with Gasteiger partial charge in [0.15, 0.2) is 11.5 Å². The molecule has 0 aromatic heterocycles. The van der Waals surface area contributed by atoms with E-state index in [1.807, 2.05) is 26.0 Å². The van der Waals surface area contributed by atoms with Gasteiger partial charge in [-0.2, -0.15) is 0 Å². The monoisotopic (exact) mass is 442 g/mol. The molecule has 0 unspecified atom stereocenters. The highest BCUT2D eigenvalue weighted by atomic mass is 19.1. The number of hydrogen-bond donors (Lipinski definition) is 1. The smallest absolute Gasteiger partial charge is 0.309 e. The summed E-state index contributed by atoms with van der Waals surface area (Å²) in [6.45, 7) is 8.90. The minimum atomic E-state index is -0.716. The van der Waals surface area contributed by atoms with Gasteiger partial charge in [0, 0.05) is 12.0 Å². The zero-order chi connectivity index (χ0) is 23.3. The van der Waals surface area contributed by atoms with Crippen LogP contribution in [0.1, 0.15) is 57.6 Å². The Morgan fingerprint density at radius 3 is 2.47 bits per heavy atom. The molecule has 0 saturated carbocycles. The highest BCUT2D eigenvalue weighted by molar-refractivity contribution is 5.85. The molecule has 1 heterocycles. The minimum absolute atomic E-state index is 0.0138. The number of aliphatic hydroxyl groups excluding tert-OH is 1. The molecule has 1 saturated heterocycles. The third kappa shape index (κ3) is 5.49. The van der Waals surface area contributed by atoms with Gasteiger partial charge in [0.25, 0.3) is 0 Å². The Morgan fingerprint density at radius 2 is 1.88 bits per heavy atom. The summed E-state index contributed by atoms with van der Waals surface area (Å²) in [5.74, 6) is 0.642. The first-order valence-electron chi connectivity index (χ1n) is 11.1. The van der Waals surface area contributed by atoms with Crippen molar-refractivity contribution in [2.75, 3.05) is 13.2 Å². The lowest BCUT2D eigenvalue weighted by molar-refractivity contribution is -0.156. The largest absolute Gasteiger partial charge is 0.490 e. The van der Waals surface area contributed by atoms with Crippen LogP contribution in [-0.2, 0) is 9.53 Å². The molecule has 1 aliphatic heterocycles. The van der Waals surface area contributed by atoms with Crippen molar-refractivity contribution in [3.05, 3.63) is 53.4 Å². The lowest BCUT2D eigenvalue weighted by Gasteiger charge is -2.25. The van der Waals surface area contributed by atoms with Gasteiger partial charge in [0.05, 0.1) is 25.7 Å². The maximum Gasteiger partial charge on any atom is 0.309 e. The Morgan fingerprint density at radius 1 is 1.19 bits per heavy atom. The van der Waals surface area contributed by atoms with Crippen molar-refractivity contribution in [1.82, 2.24) is 0 Å². The normalized spacial score (nSPS) is 18.8. The molecule has 1 aliphatic rings. The number of rotatable bonds is 8. The third-order valence-corrected chi connectivity index (χ3v) is 5.33. The first-order chi connectivity index (χ1) is 15.3. The number of hydrogen-bond acceptors (Lipinski definition) is 5. The second kappa shape index (κ2) is 10.6. The van der Waals surface area contributed by atoms with E-state index in [1.165, 1.54) is 12.1 Å². The van der Waals surface area contributed by atoms with Crippen LogP contribution in [0.3, 0.4) is 0 Å². The molecular formula is C26H31FO5. The van der Waals surface area contributed by atoms with E-state index in [9.17, 15) is 14.3 Å². The van der Waals surface area contributed by atoms with E-state index in [2.05, 4.69) is 13.8 Å². The summed E-state index contributed by atoms with van der Waals surface area (Å²) in [6, 6.07) is 8.25. The molecule has 32 heavy (non-hydrogen) atoms. The van der Waals surface area contributed by atoms with Crippen LogP contribution in [0.25, 0.3) is 17.2 Å². The highest BCUT2D eigenvalue weighted by Crippen LogP contribution is 2.45. The van der Waals surface area contributed by atoms with Gasteiger partial charge < -0.3 is 19.3 Å². The van der Waals surface area contributed by atoms with E-state index in [1.54, 1.807) is 18.2 Å². The highest BCUT2D eigenvalue weighted by Gasteiger charge is 2.26. The predicted octanol–water partition coefficient (Wildman–Crippen LogP) is 5.49. The van der Waals surface area contributed by atoms with Gasteiger partial charge in [0.2, 0.25) is 0 Å². The maximum atomic E-state index is 13.7. The maximum absolute atomic E-state index is 13.7. The molecule has 6 heteroatoms. The van der Waals surface area contributed by atoms with Crippen LogP contribution in [0.5, 0.6) is 11.5 Å². The third-order valence-electron chi connectivity index (χ3n) is 5.33. The molecule has 2 aromatic rings. The van der Waals surface area contributed by atoms with Gasteiger partial charge >= 0.3 is 5.97 Å². The zero-order valence-electron chi connectivity index (χ0n) is 19.1. The lowest BCUT2D eigenvalue weighted by atomic mass is 9.88. The molecule has 3 rings (SSSR count). The van der Waals surface area contributed by atoms with Crippen molar-refractivity contribution in [2.24, 2.45) is 0 Å². The standard InChI is InChI=1S/C26H31FO5/c1-5-30-23-15-22(16(3)4)21(12-11-20-13-19(28)14-24(29)32-20)25(26(23)31-6-2)17-7-9-18(27)10-8-17/h7-12,15-16,19-20,28H,5-6,13-14H2,1-4H3/b12-11+/t19-,20-/m0/s1. The summed E-state index contributed by atoms with van der Waals surface area (Å²) < 4.78 is 31.0. The van der Waals surface area contributed by atoms with Crippen molar-refractivity contribution in [1.29, 1.82) is 0 Å². The van der Waals surface area contributed by atoms with Crippen molar-refractivity contribution in [3.63, 3.8) is 0 Å². The Labute approximate surface area is 188 Å². The summed E-state index contributed by atoms with van der Waals surface area (Å²) >= 11 is 0. The van der Waals surface area contributed by atoms with Crippen LogP contribution in [0, 0.1) is 5.82 Å². The van der Waals surface area contributed by atoms with E-state index in [0.29, 0.717) is 31.1 Å². The molecule has 2 aromatic carbocycles. The van der Waals surface area contributed by atoms with E-state index in [-0.39, 0.29) is 18.2 Å². The lowest BCUT2D eigenvalue weighted by Crippen LogP contribution is -2.31. The SMILES string of the molecule is CCOc1cc(C(C)C)c(/C=C/[C@H]2C[C@H](O)CC(=O)O2)c(-c2ccc(F)cc2)c1OCC. The van der Waals surface area contributed by atoms with Gasteiger partial charge in [-0.05, 0) is 60.7 Å². The first-order valence-corrected chi connectivity index (χ1v) is 11.1. The summed E-state index contributed by atoms with van der Waals surface area (Å²) in [5.41, 5.74) is 3.49. The molecule has 1 fully saturated rings. The average molecular weight is 443 g/mol. The zero-order valence-corrected chi connectivity index (χ0v) is 19.1. The number of esters is 1. The number of ether oxygens (including phenoxy) is 3. The number of cyclic esters (lactones) is 1. The average Bonchev–Trinajstić information content (AvgIpc) is 2.73. The molecule has 0 aliphatic carbocycles. The number of halogens is 1. The summed E-state index contributed by atoms with van der Waals surface area (Å²) in [5, 5.41) is 9.95. The molecule has 0 spiro atoms. The molecule has 2 atom stereocenters. The molecule has 5 nitrogen and oxygen atoms in total. The summed E-state index contributed by atoms with van der Waals surface area (Å²) in [4.78, 5) is 11.8. The fourth-order valence-electron chi connectivity index (χ4n) is 3.92. The van der Waals surface area contributed by atoms with Crippen molar-refractivity contribution in [3.8, 4) is 22.6 Å². The quantitative estimate of drug-likeness (QED) is 0.548. The first kappa shape index (κ1) is 23.8. The van der Waals surface area contributed by atoms with Gasteiger partial charge in [0.1, 0.15) is 11.9 Å². The molecule has 1 N–H and O–H groups in total. The molecule has 172 valence electrons. The van der Waals surface area contributed by atoms with Gasteiger partial charge in [-0.15, -0.1) is 0 Å². The molecule has 0 amide bonds. The van der Waals surface area contributed by atoms with Crippen molar-refractivity contribution in [2.45, 2.75) is 58.7 Å². The van der Waals surface area contributed by atoms with Gasteiger partial charge in [-0.1, -0.05) is 32.1 Å². The summed E-state index contributed by atoms with van der Waals surface area (Å²) in [6.07, 6.45) is 2.83. The number of aliphatic hydroxyl groups is 1. The second-order valence-electron chi connectivity index (χ2n) is 8.09.